The number of rotatable bonds is 5. The molecule has 2 aromatic rings. The Bertz CT molecular complexity index is 985. The molecule has 0 spiro atoms. The summed E-state index contributed by atoms with van der Waals surface area (Å²) < 4.78 is 10.7. The van der Waals surface area contributed by atoms with Gasteiger partial charge in [-0.25, -0.2) is 9.79 Å². The fourth-order valence-electron chi connectivity index (χ4n) is 2.95. The topological polar surface area (TPSA) is 51.1 Å². The van der Waals surface area contributed by atoms with E-state index in [1.165, 1.54) is 12.0 Å². The predicted molar refractivity (Wildman–Crippen MR) is 120 cm³/mol. The van der Waals surface area contributed by atoms with Gasteiger partial charge >= 0.3 is 6.09 Å². The lowest BCUT2D eigenvalue weighted by Gasteiger charge is -2.22. The third-order valence-corrected chi connectivity index (χ3v) is 5.78. The third-order valence-electron chi connectivity index (χ3n) is 4.43. The maximum absolute atomic E-state index is 12.1. The summed E-state index contributed by atoms with van der Waals surface area (Å²) in [5.41, 5.74) is 3.45. The molecule has 1 heterocycles. The summed E-state index contributed by atoms with van der Waals surface area (Å²) in [5.74, 6) is 3.86. The predicted octanol–water partition coefficient (Wildman–Crippen LogP) is 5.46. The molecule has 3 rings (SSSR count). The largest absolute Gasteiger partial charge is 0.484 e. The Labute approximate surface area is 180 Å². The first-order valence-electron chi connectivity index (χ1n) is 9.09. The van der Waals surface area contributed by atoms with E-state index in [9.17, 15) is 4.79 Å². The van der Waals surface area contributed by atoms with Crippen LogP contribution in [0, 0.1) is 12.3 Å². The number of carbonyl (C=O) groups excluding carboxylic acids is 1. The van der Waals surface area contributed by atoms with Crippen molar-refractivity contribution in [2.45, 2.75) is 19.1 Å². The molecule has 29 heavy (non-hydrogen) atoms. The van der Waals surface area contributed by atoms with Crippen molar-refractivity contribution in [2.24, 2.45) is 4.99 Å². The summed E-state index contributed by atoms with van der Waals surface area (Å²) in [6.45, 7) is 2.58. The van der Waals surface area contributed by atoms with Gasteiger partial charge in [-0.1, -0.05) is 42.6 Å². The molecule has 7 heteroatoms. The molecule has 150 valence electrons. The number of aryl methyl sites for hydroxylation is 1. The van der Waals surface area contributed by atoms with Crippen LogP contribution in [0.25, 0.3) is 0 Å². The second-order valence-corrected chi connectivity index (χ2v) is 7.69. The van der Waals surface area contributed by atoms with Crippen LogP contribution < -0.4 is 9.64 Å². The van der Waals surface area contributed by atoms with E-state index in [1.54, 1.807) is 11.8 Å². The van der Waals surface area contributed by atoms with E-state index in [2.05, 4.69) is 12.8 Å². The molecule has 0 atom stereocenters. The van der Waals surface area contributed by atoms with Crippen LogP contribution in [0.2, 0.25) is 5.02 Å². The number of methoxy groups -OCH3 is 1. The number of thioether (sulfide) groups is 1. The number of fused-ring (bicyclic) bond motifs is 1. The zero-order valence-electron chi connectivity index (χ0n) is 16.3. The van der Waals surface area contributed by atoms with Crippen LogP contribution in [-0.4, -0.2) is 31.4 Å². The molecule has 2 aromatic carbocycles. The van der Waals surface area contributed by atoms with Gasteiger partial charge in [0.1, 0.15) is 23.1 Å². The minimum atomic E-state index is -0.492. The van der Waals surface area contributed by atoms with Gasteiger partial charge < -0.3 is 9.47 Å². The van der Waals surface area contributed by atoms with Crippen LogP contribution >= 0.6 is 23.4 Å². The smallest absolute Gasteiger partial charge is 0.414 e. The van der Waals surface area contributed by atoms with E-state index in [4.69, 9.17) is 32.5 Å². The Balaban J connectivity index is 1.80. The first-order valence-corrected chi connectivity index (χ1v) is 10.5. The van der Waals surface area contributed by atoms with Gasteiger partial charge in [0, 0.05) is 10.8 Å². The fraction of sp³-hybridized carbons (Fsp3) is 0.273. The summed E-state index contributed by atoms with van der Waals surface area (Å²) >= 11 is 7.86. The van der Waals surface area contributed by atoms with Gasteiger partial charge in [-0.3, -0.25) is 4.90 Å². The van der Waals surface area contributed by atoms with Crippen LogP contribution in [0.3, 0.4) is 0 Å². The van der Waals surface area contributed by atoms with E-state index in [1.807, 2.05) is 36.4 Å². The number of carbonyl (C=O) groups is 1. The van der Waals surface area contributed by atoms with Gasteiger partial charge in [-0.05, 0) is 35.7 Å². The van der Waals surface area contributed by atoms with Gasteiger partial charge in [-0.15, -0.1) is 18.2 Å². The Morgan fingerprint density at radius 2 is 2.17 bits per heavy atom. The molecule has 0 N–H and O–H groups in total. The van der Waals surface area contributed by atoms with E-state index in [0.29, 0.717) is 17.4 Å². The van der Waals surface area contributed by atoms with Crippen LogP contribution in [0.4, 0.5) is 16.2 Å². The Morgan fingerprint density at radius 3 is 2.90 bits per heavy atom. The third kappa shape index (κ3) is 4.87. The highest BCUT2D eigenvalue weighted by molar-refractivity contribution is 8.13. The molecule has 0 saturated heterocycles. The van der Waals surface area contributed by atoms with Crippen molar-refractivity contribution in [1.29, 1.82) is 0 Å². The van der Waals surface area contributed by atoms with Gasteiger partial charge in [-0.2, -0.15) is 0 Å². The van der Waals surface area contributed by atoms with Crippen molar-refractivity contribution in [1.82, 2.24) is 0 Å². The minimum absolute atomic E-state index is 0.129. The molecule has 1 amide bonds. The van der Waals surface area contributed by atoms with Crippen molar-refractivity contribution >= 4 is 45.9 Å². The van der Waals surface area contributed by atoms with Gasteiger partial charge in [0.15, 0.2) is 0 Å². The monoisotopic (exact) mass is 428 g/mol. The number of ether oxygens (including phenoxy) is 2. The van der Waals surface area contributed by atoms with Crippen LogP contribution in [0.5, 0.6) is 5.75 Å². The number of halogens is 1. The average Bonchev–Trinajstić information content (AvgIpc) is 2.75. The molecule has 0 saturated carbocycles. The number of nitrogens with zero attached hydrogens (tertiary/aromatic N) is 2. The van der Waals surface area contributed by atoms with Gasteiger partial charge in [0.2, 0.25) is 0 Å². The molecule has 0 radical (unpaired) electrons. The number of amides is 1. The second kappa shape index (κ2) is 9.73. The number of para-hydroxylation sites is 1. The SMILES string of the molecule is C#CCN(C(=O)OC)c1ccccc1CSC1=Nc2cc(Cl)c(CC)cc2OC1. The van der Waals surface area contributed by atoms with Crippen molar-refractivity contribution < 1.29 is 14.3 Å². The number of hydrogen-bond acceptors (Lipinski definition) is 5. The number of hydrogen-bond donors (Lipinski definition) is 0. The molecule has 5 nitrogen and oxygen atoms in total. The highest BCUT2D eigenvalue weighted by atomic mass is 35.5. The lowest BCUT2D eigenvalue weighted by molar-refractivity contribution is 0.179. The van der Waals surface area contributed by atoms with Gasteiger partial charge in [0.05, 0.1) is 19.3 Å². The van der Waals surface area contributed by atoms with E-state index < -0.39 is 6.09 Å². The molecule has 0 unspecified atom stereocenters. The lowest BCUT2D eigenvalue weighted by atomic mass is 10.1. The van der Waals surface area contributed by atoms with Crippen molar-refractivity contribution in [3.05, 3.63) is 52.5 Å². The van der Waals surface area contributed by atoms with E-state index in [0.717, 1.165) is 39.7 Å². The van der Waals surface area contributed by atoms with Crippen molar-refractivity contribution in [2.75, 3.05) is 25.2 Å². The van der Waals surface area contributed by atoms with Crippen LogP contribution in [-0.2, 0) is 16.9 Å². The second-order valence-electron chi connectivity index (χ2n) is 6.24. The summed E-state index contributed by atoms with van der Waals surface area (Å²) in [7, 11) is 1.34. The Kier molecular flexibility index (Phi) is 7.08. The highest BCUT2D eigenvalue weighted by Crippen LogP contribution is 2.38. The van der Waals surface area contributed by atoms with Crippen LogP contribution in [0.15, 0.2) is 41.4 Å². The highest BCUT2D eigenvalue weighted by Gasteiger charge is 2.20. The molecule has 1 aliphatic rings. The lowest BCUT2D eigenvalue weighted by Crippen LogP contribution is -2.31. The first kappa shape index (κ1) is 21.1. The molecular formula is C22H21ClN2O3S. The van der Waals surface area contributed by atoms with Crippen molar-refractivity contribution in [3.63, 3.8) is 0 Å². The maximum Gasteiger partial charge on any atom is 0.414 e. The molecule has 0 bridgehead atoms. The normalized spacial score (nSPS) is 12.3. The molecular weight excluding hydrogens is 408 g/mol. The number of anilines is 1. The number of aliphatic imine (C=N–C) groups is 1. The van der Waals surface area contributed by atoms with Gasteiger partial charge in [0.25, 0.3) is 0 Å². The quantitative estimate of drug-likeness (QED) is 0.593. The summed E-state index contributed by atoms with van der Waals surface area (Å²) in [5, 5.41) is 1.53. The molecule has 0 fully saturated rings. The molecule has 0 aliphatic carbocycles. The average molecular weight is 429 g/mol. The zero-order chi connectivity index (χ0) is 20.8. The van der Waals surface area contributed by atoms with Crippen LogP contribution in [0.1, 0.15) is 18.1 Å². The standard InChI is InChI=1S/C22H21ClN2O3S/c1-4-10-25(22(26)27-3)19-9-7-6-8-16(19)14-29-21-13-28-20-11-15(5-2)17(23)12-18(20)24-21/h1,6-9,11-12H,5,10,13-14H2,2-3H3. The maximum atomic E-state index is 12.1. The van der Waals surface area contributed by atoms with E-state index in [-0.39, 0.29) is 6.54 Å². The Hall–Kier alpha value is -2.62. The number of terminal acetylenes is 1. The van der Waals surface area contributed by atoms with Crippen molar-refractivity contribution in [3.8, 4) is 18.1 Å². The first-order chi connectivity index (χ1) is 14.1. The number of benzene rings is 2. The zero-order valence-corrected chi connectivity index (χ0v) is 17.8. The minimum Gasteiger partial charge on any atom is -0.484 e. The summed E-state index contributed by atoms with van der Waals surface area (Å²) in [4.78, 5) is 18.3. The summed E-state index contributed by atoms with van der Waals surface area (Å²) in [6.07, 6.45) is 5.77. The Morgan fingerprint density at radius 1 is 1.38 bits per heavy atom. The molecule has 0 aromatic heterocycles. The van der Waals surface area contributed by atoms with E-state index >= 15 is 0 Å². The summed E-state index contributed by atoms with van der Waals surface area (Å²) in [6, 6.07) is 11.4. The molecule has 1 aliphatic heterocycles. The fourth-order valence-corrected chi connectivity index (χ4v) is 4.11.